The van der Waals surface area contributed by atoms with Crippen LogP contribution >= 0.6 is 0 Å². The summed E-state index contributed by atoms with van der Waals surface area (Å²) in [6.07, 6.45) is -0.833. The van der Waals surface area contributed by atoms with Crippen molar-refractivity contribution < 1.29 is 60.9 Å². The highest BCUT2D eigenvalue weighted by atomic mass is 16.5. The van der Waals surface area contributed by atoms with Gasteiger partial charge in [0.2, 0.25) is 0 Å². The SMILES string of the molecule is Oc1ccc(C2Oc3cc(O)cc([C@@H]4c5c(O)cc(O)c6c5[C@@H]([C@@H]5c7ccc(O)cc7[C@H](c7ccc(O)cc7)[C@H]6c6cc(O)cc(O)c65)[C@H]4c4ccc(O)cc4)c3C2c2cc(O)cc(O)c2)cc1. The van der Waals surface area contributed by atoms with E-state index in [1.54, 1.807) is 84.9 Å². The standard InChI is InChI=1S/C56H42O12/c57-28-7-1-24(2-8-28)44-37-18-31(60)13-14-36(37)49-47-38(19-34(63)21-40(47)65)50(44)52-41(66)23-42(67)53-51(45(54(49)55(52)53)25-3-9-29(58)10-4-25)39-20-35(64)22-43-48(39)46(27-15-32(61)17-33(62)16-27)56(68-43)26-5-11-30(59)12-6-26/h1-23,44-46,49-51,54,56-67H/t44-,45-,46?,49+,50+,51-,54+,56?/m0/s1. The molecule has 1 aliphatic heterocycles. The van der Waals surface area contributed by atoms with Crippen molar-refractivity contribution in [2.24, 2.45) is 0 Å². The van der Waals surface area contributed by atoms with E-state index in [1.165, 1.54) is 48.5 Å². The van der Waals surface area contributed by atoms with Crippen molar-refractivity contribution in [2.45, 2.75) is 47.5 Å². The molecule has 0 amide bonds. The van der Waals surface area contributed by atoms with Gasteiger partial charge in [-0.2, -0.15) is 0 Å². The van der Waals surface area contributed by atoms with Crippen molar-refractivity contribution >= 4 is 0 Å². The zero-order valence-electron chi connectivity index (χ0n) is 35.7. The van der Waals surface area contributed by atoms with Crippen molar-refractivity contribution in [3.8, 4) is 69.0 Å². The molecular formula is C56H42O12. The second-order valence-electron chi connectivity index (χ2n) is 18.4. The number of hydrogen-bond acceptors (Lipinski definition) is 12. The van der Waals surface area contributed by atoms with E-state index >= 15 is 0 Å². The number of fused-ring (bicyclic) bond motifs is 5. The summed E-state index contributed by atoms with van der Waals surface area (Å²) >= 11 is 0. The average Bonchev–Trinajstić information content (AvgIpc) is 3.77. The van der Waals surface area contributed by atoms with Gasteiger partial charge in [-0.3, -0.25) is 0 Å². The largest absolute Gasteiger partial charge is 0.508 e. The van der Waals surface area contributed by atoms with Crippen LogP contribution in [0.2, 0.25) is 0 Å². The molecule has 11 N–H and O–H groups in total. The average molecular weight is 907 g/mol. The predicted molar refractivity (Wildman–Crippen MR) is 248 cm³/mol. The van der Waals surface area contributed by atoms with Gasteiger partial charge in [0.15, 0.2) is 0 Å². The Morgan fingerprint density at radius 1 is 0.265 bits per heavy atom. The monoisotopic (exact) mass is 906 g/mol. The van der Waals surface area contributed by atoms with E-state index in [2.05, 4.69) is 0 Å². The molecule has 0 saturated heterocycles. The van der Waals surface area contributed by atoms with E-state index in [4.69, 9.17) is 4.74 Å². The van der Waals surface area contributed by atoms with Gasteiger partial charge in [0.1, 0.15) is 75.1 Å². The summed E-state index contributed by atoms with van der Waals surface area (Å²) in [7, 11) is 0. The highest BCUT2D eigenvalue weighted by Crippen LogP contribution is 2.72. The van der Waals surface area contributed by atoms with Crippen molar-refractivity contribution in [1.29, 1.82) is 0 Å². The molecule has 8 aromatic rings. The molecule has 0 aromatic heterocycles. The summed E-state index contributed by atoms with van der Waals surface area (Å²) in [5, 5.41) is 125. The maximum atomic E-state index is 12.6. The second kappa shape index (κ2) is 14.7. The van der Waals surface area contributed by atoms with Gasteiger partial charge in [0.05, 0.1) is 5.92 Å². The lowest BCUT2D eigenvalue weighted by atomic mass is 9.66. The molecule has 0 radical (unpaired) electrons. The van der Waals surface area contributed by atoms with Gasteiger partial charge in [-0.25, -0.2) is 0 Å². The molecule has 4 aliphatic rings. The molecular weight excluding hydrogens is 865 g/mol. The summed E-state index contributed by atoms with van der Waals surface area (Å²) in [6, 6.07) is 36.3. The van der Waals surface area contributed by atoms with Crippen molar-refractivity contribution in [3.05, 3.63) is 212 Å². The summed E-state index contributed by atoms with van der Waals surface area (Å²) in [6.45, 7) is 0. The summed E-state index contributed by atoms with van der Waals surface area (Å²) in [5.41, 5.74) is 7.13. The lowest BCUT2D eigenvalue weighted by Crippen LogP contribution is -2.22. The number of aromatic hydroxyl groups is 11. The van der Waals surface area contributed by atoms with Gasteiger partial charge in [0, 0.05) is 82.0 Å². The van der Waals surface area contributed by atoms with Gasteiger partial charge >= 0.3 is 0 Å². The Morgan fingerprint density at radius 3 is 1.38 bits per heavy atom. The lowest BCUT2D eigenvalue weighted by molar-refractivity contribution is 0.221. The Kier molecular flexibility index (Phi) is 8.82. The molecule has 12 nitrogen and oxygen atoms in total. The van der Waals surface area contributed by atoms with E-state index < -0.39 is 47.5 Å². The van der Waals surface area contributed by atoms with E-state index in [-0.39, 0.29) is 69.0 Å². The van der Waals surface area contributed by atoms with Crippen LogP contribution in [0.15, 0.2) is 140 Å². The van der Waals surface area contributed by atoms with Crippen molar-refractivity contribution in [3.63, 3.8) is 0 Å². The van der Waals surface area contributed by atoms with Crippen LogP contribution in [0.5, 0.6) is 69.0 Å². The molecule has 68 heavy (non-hydrogen) atoms. The minimum atomic E-state index is -0.906. The predicted octanol–water partition coefficient (Wildman–Crippen LogP) is 10.1. The molecule has 0 spiro atoms. The van der Waals surface area contributed by atoms with E-state index in [1.807, 2.05) is 6.07 Å². The molecule has 3 aliphatic carbocycles. The van der Waals surface area contributed by atoms with Crippen molar-refractivity contribution in [1.82, 2.24) is 0 Å². The number of ether oxygens (including phenoxy) is 1. The van der Waals surface area contributed by atoms with E-state index in [9.17, 15) is 56.2 Å². The topological polar surface area (TPSA) is 232 Å². The van der Waals surface area contributed by atoms with Crippen LogP contribution < -0.4 is 4.74 Å². The Morgan fingerprint density at radius 2 is 0.750 bits per heavy atom. The van der Waals surface area contributed by atoms with Crippen LogP contribution in [-0.2, 0) is 0 Å². The molecule has 1 heterocycles. The smallest absolute Gasteiger partial charge is 0.135 e. The fraction of sp³-hybridized carbons (Fsp3) is 0.143. The van der Waals surface area contributed by atoms with Crippen LogP contribution in [0.3, 0.4) is 0 Å². The third kappa shape index (κ3) is 5.99. The first kappa shape index (κ1) is 40.8. The van der Waals surface area contributed by atoms with Crippen LogP contribution in [0.4, 0.5) is 0 Å². The summed E-state index contributed by atoms with van der Waals surface area (Å²) in [5.74, 6) is -6.97. The highest BCUT2D eigenvalue weighted by molar-refractivity contribution is 5.75. The molecule has 338 valence electrons. The Balaban J connectivity index is 1.22. The lowest BCUT2D eigenvalue weighted by Gasteiger charge is -2.36. The molecule has 8 atom stereocenters. The Labute approximate surface area is 388 Å². The van der Waals surface area contributed by atoms with E-state index in [0.29, 0.717) is 72.3 Å². The number of rotatable bonds is 5. The molecule has 2 bridgehead atoms. The minimum absolute atomic E-state index is 0.0104. The van der Waals surface area contributed by atoms with Gasteiger partial charge in [-0.15, -0.1) is 0 Å². The zero-order valence-corrected chi connectivity index (χ0v) is 35.7. The zero-order chi connectivity index (χ0) is 47.0. The maximum Gasteiger partial charge on any atom is 0.135 e. The number of benzene rings is 8. The third-order valence-electron chi connectivity index (χ3n) is 14.8. The van der Waals surface area contributed by atoms with Crippen LogP contribution in [0.25, 0.3) is 0 Å². The van der Waals surface area contributed by atoms with Gasteiger partial charge in [0.25, 0.3) is 0 Å². The normalized spacial score (nSPS) is 22.6. The Bertz CT molecular complexity index is 3360. The second-order valence-corrected chi connectivity index (χ2v) is 18.4. The van der Waals surface area contributed by atoms with Crippen molar-refractivity contribution in [2.75, 3.05) is 0 Å². The molecule has 2 unspecified atom stereocenters. The number of phenolic OH excluding ortho intramolecular Hbond substituents is 11. The molecule has 0 saturated carbocycles. The van der Waals surface area contributed by atoms with E-state index in [0.717, 1.165) is 0 Å². The van der Waals surface area contributed by atoms with Gasteiger partial charge in [-0.05, 0) is 123 Å². The quantitative estimate of drug-likeness (QED) is 0.0775. The first-order chi connectivity index (χ1) is 32.7. The Hall–Kier alpha value is -8.64. The third-order valence-corrected chi connectivity index (χ3v) is 14.8. The van der Waals surface area contributed by atoms with Gasteiger partial charge in [-0.1, -0.05) is 42.5 Å². The fourth-order valence-corrected chi connectivity index (χ4v) is 12.5. The maximum absolute atomic E-state index is 12.6. The fourth-order valence-electron chi connectivity index (χ4n) is 12.5. The first-order valence-electron chi connectivity index (χ1n) is 22.1. The summed E-state index contributed by atoms with van der Waals surface area (Å²) < 4.78 is 6.80. The number of hydrogen-bond donors (Lipinski definition) is 11. The molecule has 12 heteroatoms. The molecule has 12 rings (SSSR count). The van der Waals surface area contributed by atoms with Gasteiger partial charge < -0.3 is 60.9 Å². The van der Waals surface area contributed by atoms with Crippen LogP contribution in [-0.4, -0.2) is 56.2 Å². The minimum Gasteiger partial charge on any atom is -0.508 e. The molecule has 0 fully saturated rings. The molecule has 8 aromatic carbocycles. The number of phenols is 11. The van der Waals surface area contributed by atoms with Crippen LogP contribution in [0.1, 0.15) is 120 Å². The highest BCUT2D eigenvalue weighted by Gasteiger charge is 2.57. The first-order valence-corrected chi connectivity index (χ1v) is 22.1. The van der Waals surface area contributed by atoms with Crippen LogP contribution in [0, 0.1) is 0 Å². The summed E-state index contributed by atoms with van der Waals surface area (Å²) in [4.78, 5) is 0.